The first-order chi connectivity index (χ1) is 15.3. The Morgan fingerprint density at radius 2 is 1.88 bits per heavy atom. The lowest BCUT2D eigenvalue weighted by molar-refractivity contribution is 0.101. The average molecular weight is 438 g/mol. The quantitative estimate of drug-likeness (QED) is 0.647. The SMILES string of the molecule is COCCN1CCN(c2cc3c(cc2C(C)=O)-c2cc(=O)c(C)cn2C(C(C)C)C3)CC1. The van der Waals surface area contributed by atoms with Crippen LogP contribution in [0.15, 0.2) is 29.2 Å². The Hall–Kier alpha value is -2.44. The number of piperazine rings is 1. The minimum absolute atomic E-state index is 0.0484. The second-order valence-electron chi connectivity index (χ2n) is 9.53. The van der Waals surface area contributed by atoms with Crippen LogP contribution in [-0.2, 0) is 11.2 Å². The molecule has 0 radical (unpaired) electrons. The van der Waals surface area contributed by atoms with Gasteiger partial charge >= 0.3 is 0 Å². The summed E-state index contributed by atoms with van der Waals surface area (Å²) in [4.78, 5) is 30.0. The predicted molar refractivity (Wildman–Crippen MR) is 129 cm³/mol. The number of ketones is 1. The molecule has 6 nitrogen and oxygen atoms in total. The van der Waals surface area contributed by atoms with Crippen molar-refractivity contribution in [3.63, 3.8) is 0 Å². The summed E-state index contributed by atoms with van der Waals surface area (Å²) in [7, 11) is 1.74. The molecular formula is C26H35N3O3. The molecule has 1 fully saturated rings. The van der Waals surface area contributed by atoms with Crippen molar-refractivity contribution in [2.24, 2.45) is 5.92 Å². The number of hydrogen-bond donors (Lipinski definition) is 0. The third kappa shape index (κ3) is 4.26. The third-order valence-electron chi connectivity index (χ3n) is 7.02. The molecule has 1 unspecified atom stereocenters. The number of pyridine rings is 1. The Morgan fingerprint density at radius 1 is 1.16 bits per heavy atom. The van der Waals surface area contributed by atoms with Gasteiger partial charge in [0.2, 0.25) is 0 Å². The monoisotopic (exact) mass is 437 g/mol. The minimum Gasteiger partial charge on any atom is -0.383 e. The number of Topliss-reactive ketones (excluding diaryl/α,β-unsaturated/α-hetero) is 1. The molecule has 0 aliphatic carbocycles. The summed E-state index contributed by atoms with van der Waals surface area (Å²) >= 11 is 0. The molecular weight excluding hydrogens is 402 g/mol. The largest absolute Gasteiger partial charge is 0.383 e. The van der Waals surface area contributed by atoms with E-state index in [2.05, 4.69) is 34.3 Å². The van der Waals surface area contributed by atoms with Crippen LogP contribution in [0.2, 0.25) is 0 Å². The van der Waals surface area contributed by atoms with E-state index in [0.717, 1.165) is 73.8 Å². The van der Waals surface area contributed by atoms with Crippen molar-refractivity contribution < 1.29 is 9.53 Å². The van der Waals surface area contributed by atoms with E-state index < -0.39 is 0 Å². The number of benzene rings is 1. The molecule has 3 heterocycles. The molecule has 1 aromatic carbocycles. The number of rotatable bonds is 6. The van der Waals surface area contributed by atoms with Crippen molar-refractivity contribution in [2.45, 2.75) is 40.2 Å². The lowest BCUT2D eigenvalue weighted by Crippen LogP contribution is -2.47. The number of carbonyl (C=O) groups excluding carboxylic acids is 1. The van der Waals surface area contributed by atoms with E-state index >= 15 is 0 Å². The van der Waals surface area contributed by atoms with Crippen LogP contribution in [0, 0.1) is 12.8 Å². The van der Waals surface area contributed by atoms with Crippen LogP contribution in [0.25, 0.3) is 11.3 Å². The maximum atomic E-state index is 12.7. The van der Waals surface area contributed by atoms with E-state index in [-0.39, 0.29) is 11.2 Å². The maximum Gasteiger partial charge on any atom is 0.185 e. The summed E-state index contributed by atoms with van der Waals surface area (Å²) in [6.45, 7) is 13.4. The summed E-state index contributed by atoms with van der Waals surface area (Å²) in [6.07, 6.45) is 2.90. The van der Waals surface area contributed by atoms with Crippen LogP contribution >= 0.6 is 0 Å². The zero-order chi connectivity index (χ0) is 23.0. The highest BCUT2D eigenvalue weighted by atomic mass is 16.5. The number of aromatic nitrogens is 1. The van der Waals surface area contributed by atoms with Gasteiger partial charge in [-0.1, -0.05) is 13.8 Å². The number of anilines is 1. The van der Waals surface area contributed by atoms with Gasteiger partial charge in [-0.3, -0.25) is 14.5 Å². The first kappa shape index (κ1) is 22.7. The summed E-state index contributed by atoms with van der Waals surface area (Å²) in [5, 5.41) is 0. The number of hydrogen-bond acceptors (Lipinski definition) is 5. The lowest BCUT2D eigenvalue weighted by atomic mass is 9.85. The van der Waals surface area contributed by atoms with Gasteiger partial charge in [0.05, 0.1) is 12.3 Å². The molecule has 4 rings (SSSR count). The van der Waals surface area contributed by atoms with Crippen LogP contribution < -0.4 is 10.3 Å². The Morgan fingerprint density at radius 3 is 2.50 bits per heavy atom. The molecule has 2 aliphatic heterocycles. The van der Waals surface area contributed by atoms with Crippen molar-refractivity contribution >= 4 is 11.5 Å². The van der Waals surface area contributed by atoms with Gasteiger partial charge in [0.1, 0.15) is 0 Å². The molecule has 0 N–H and O–H groups in total. The zero-order valence-corrected chi connectivity index (χ0v) is 20.0. The summed E-state index contributed by atoms with van der Waals surface area (Å²) < 4.78 is 7.47. The Bertz CT molecular complexity index is 1060. The second-order valence-corrected chi connectivity index (χ2v) is 9.53. The molecule has 2 aliphatic rings. The topological polar surface area (TPSA) is 54.8 Å². The Kier molecular flexibility index (Phi) is 6.54. The molecule has 0 saturated carbocycles. The van der Waals surface area contributed by atoms with E-state index in [1.54, 1.807) is 20.1 Å². The molecule has 0 spiro atoms. The molecule has 172 valence electrons. The van der Waals surface area contributed by atoms with E-state index in [0.29, 0.717) is 12.0 Å². The highest BCUT2D eigenvalue weighted by Crippen LogP contribution is 2.40. The molecule has 32 heavy (non-hydrogen) atoms. The lowest BCUT2D eigenvalue weighted by Gasteiger charge is -2.38. The fourth-order valence-corrected chi connectivity index (χ4v) is 5.04. The fourth-order valence-electron chi connectivity index (χ4n) is 5.04. The molecule has 0 amide bonds. The first-order valence-corrected chi connectivity index (χ1v) is 11.7. The Balaban J connectivity index is 1.75. The van der Waals surface area contributed by atoms with E-state index in [1.165, 1.54) is 5.56 Å². The fraction of sp³-hybridized carbons (Fsp3) is 0.538. The van der Waals surface area contributed by atoms with Gasteiger partial charge in [-0.15, -0.1) is 0 Å². The third-order valence-corrected chi connectivity index (χ3v) is 7.02. The smallest absolute Gasteiger partial charge is 0.185 e. The van der Waals surface area contributed by atoms with Crippen molar-refractivity contribution in [3.8, 4) is 11.3 Å². The number of carbonyl (C=O) groups is 1. The second kappa shape index (κ2) is 9.20. The molecule has 2 aromatic rings. The van der Waals surface area contributed by atoms with Crippen LogP contribution in [0.5, 0.6) is 0 Å². The van der Waals surface area contributed by atoms with Crippen molar-refractivity contribution in [1.29, 1.82) is 0 Å². The number of ether oxygens (including phenoxy) is 1. The maximum absolute atomic E-state index is 12.7. The zero-order valence-electron chi connectivity index (χ0n) is 20.0. The predicted octanol–water partition coefficient (Wildman–Crippen LogP) is 3.55. The van der Waals surface area contributed by atoms with Gasteiger partial charge in [0.25, 0.3) is 0 Å². The van der Waals surface area contributed by atoms with Crippen molar-refractivity contribution in [2.75, 3.05) is 51.3 Å². The highest BCUT2D eigenvalue weighted by molar-refractivity contribution is 6.01. The first-order valence-electron chi connectivity index (χ1n) is 11.7. The van der Waals surface area contributed by atoms with Gasteiger partial charge in [-0.25, -0.2) is 0 Å². The molecule has 1 aromatic heterocycles. The normalized spacial score (nSPS) is 18.6. The van der Waals surface area contributed by atoms with Crippen LogP contribution in [-0.4, -0.2) is 61.7 Å². The van der Waals surface area contributed by atoms with E-state index in [4.69, 9.17) is 4.74 Å². The number of aryl methyl sites for hydroxylation is 1. The van der Waals surface area contributed by atoms with Gasteiger partial charge in [-0.2, -0.15) is 0 Å². The summed E-state index contributed by atoms with van der Waals surface area (Å²) in [5.41, 5.74) is 5.77. The van der Waals surface area contributed by atoms with Gasteiger partial charge < -0.3 is 14.2 Å². The number of fused-ring (bicyclic) bond motifs is 3. The average Bonchev–Trinajstić information content (AvgIpc) is 2.77. The van der Waals surface area contributed by atoms with Gasteiger partial charge in [0, 0.05) is 80.5 Å². The van der Waals surface area contributed by atoms with Gasteiger partial charge in [-0.05, 0) is 43.9 Å². The molecule has 1 saturated heterocycles. The highest BCUT2D eigenvalue weighted by Gasteiger charge is 2.29. The van der Waals surface area contributed by atoms with Gasteiger partial charge in [0.15, 0.2) is 11.2 Å². The molecule has 1 atom stereocenters. The van der Waals surface area contributed by atoms with Crippen LogP contribution in [0.1, 0.15) is 48.3 Å². The van der Waals surface area contributed by atoms with Crippen LogP contribution in [0.3, 0.4) is 0 Å². The number of methoxy groups -OCH3 is 1. The molecule has 6 heteroatoms. The van der Waals surface area contributed by atoms with Crippen LogP contribution in [0.4, 0.5) is 5.69 Å². The van der Waals surface area contributed by atoms with E-state index in [1.807, 2.05) is 19.2 Å². The number of nitrogens with zero attached hydrogens (tertiary/aromatic N) is 3. The van der Waals surface area contributed by atoms with Crippen molar-refractivity contribution in [1.82, 2.24) is 9.47 Å². The molecule has 0 bridgehead atoms. The minimum atomic E-state index is 0.0484. The van der Waals surface area contributed by atoms with E-state index in [9.17, 15) is 9.59 Å². The van der Waals surface area contributed by atoms with Crippen molar-refractivity contribution in [3.05, 3.63) is 51.3 Å². The standard InChI is InChI=1S/C26H35N3O3/c1-17(2)23-12-20-13-24(28-8-6-27(7-9-28)10-11-32-5)21(19(4)30)14-22(20)25-15-26(31)18(3)16-29(23)25/h13-17,23H,6-12H2,1-5H3. The summed E-state index contributed by atoms with van der Waals surface area (Å²) in [5.74, 6) is 0.501. The summed E-state index contributed by atoms with van der Waals surface area (Å²) in [6, 6.07) is 6.29. The Labute approximate surface area is 190 Å².